The van der Waals surface area contributed by atoms with Crippen molar-refractivity contribution >= 4 is 28.9 Å². The van der Waals surface area contributed by atoms with Gasteiger partial charge in [-0.05, 0) is 18.2 Å². The molecule has 2 N–H and O–H groups in total. The molecule has 2 aromatic carbocycles. The molecule has 1 heterocycles. The van der Waals surface area contributed by atoms with E-state index in [-0.39, 0.29) is 22.8 Å². The first-order valence-corrected chi connectivity index (χ1v) is 9.27. The van der Waals surface area contributed by atoms with Crippen molar-refractivity contribution in [2.75, 3.05) is 50.5 Å². The number of amides is 1. The number of nitrogens with two attached hydrogens (primary N) is 1. The number of rotatable bonds is 6. The number of methoxy groups -OCH3 is 1. The summed E-state index contributed by atoms with van der Waals surface area (Å²) in [6.07, 6.45) is 0. The lowest BCUT2D eigenvalue weighted by atomic mass is 10.1. The second-order valence-corrected chi connectivity index (χ2v) is 6.64. The number of hydrogen-bond acceptors (Lipinski definition) is 8. The fraction of sp³-hybridized carbons (Fsp3) is 0.300. The minimum atomic E-state index is -0.802. The van der Waals surface area contributed by atoms with E-state index in [1.807, 2.05) is 24.3 Å². The molecule has 0 saturated carbocycles. The lowest BCUT2D eigenvalue weighted by Crippen LogP contribution is -2.50. The first kappa shape index (κ1) is 20.9. The van der Waals surface area contributed by atoms with E-state index in [1.165, 1.54) is 6.07 Å². The number of ether oxygens (including phenoxy) is 2. The van der Waals surface area contributed by atoms with E-state index in [1.54, 1.807) is 12.0 Å². The van der Waals surface area contributed by atoms with Gasteiger partial charge in [-0.1, -0.05) is 12.1 Å². The number of nitrogens with zero attached hydrogens (tertiary/aromatic N) is 3. The molecule has 158 valence electrons. The Morgan fingerprint density at radius 3 is 2.47 bits per heavy atom. The van der Waals surface area contributed by atoms with Gasteiger partial charge in [-0.2, -0.15) is 0 Å². The number of esters is 1. The SMILES string of the molecule is COc1ccccc1N1CCN(C(=O)COC(=O)c2ccc([N+](=O)[O-])cc2N)CC1. The normalized spacial score (nSPS) is 13.6. The zero-order chi connectivity index (χ0) is 21.7. The maximum atomic E-state index is 12.4. The van der Waals surface area contributed by atoms with Crippen LogP contribution in [-0.2, 0) is 9.53 Å². The molecule has 30 heavy (non-hydrogen) atoms. The fourth-order valence-corrected chi connectivity index (χ4v) is 3.23. The summed E-state index contributed by atoms with van der Waals surface area (Å²) < 4.78 is 10.4. The molecule has 0 bridgehead atoms. The Morgan fingerprint density at radius 1 is 1.13 bits per heavy atom. The largest absolute Gasteiger partial charge is 0.495 e. The molecule has 1 aliphatic heterocycles. The van der Waals surface area contributed by atoms with Gasteiger partial charge in [0.05, 0.1) is 29.0 Å². The van der Waals surface area contributed by atoms with Crippen molar-refractivity contribution in [3.63, 3.8) is 0 Å². The third-order valence-corrected chi connectivity index (χ3v) is 4.85. The minimum absolute atomic E-state index is 0.0191. The van der Waals surface area contributed by atoms with Gasteiger partial charge in [0.15, 0.2) is 6.61 Å². The quantitative estimate of drug-likeness (QED) is 0.327. The van der Waals surface area contributed by atoms with Crippen molar-refractivity contribution in [3.05, 3.63) is 58.1 Å². The summed E-state index contributed by atoms with van der Waals surface area (Å²) in [4.78, 5) is 38.5. The van der Waals surface area contributed by atoms with Crippen LogP contribution < -0.4 is 15.4 Å². The average Bonchev–Trinajstić information content (AvgIpc) is 2.77. The van der Waals surface area contributed by atoms with Crippen LogP contribution >= 0.6 is 0 Å². The molecule has 0 spiro atoms. The lowest BCUT2D eigenvalue weighted by Gasteiger charge is -2.36. The topological polar surface area (TPSA) is 128 Å². The molecule has 0 atom stereocenters. The first-order chi connectivity index (χ1) is 14.4. The van der Waals surface area contributed by atoms with Gasteiger partial charge in [0.1, 0.15) is 5.75 Å². The maximum Gasteiger partial charge on any atom is 0.340 e. The monoisotopic (exact) mass is 414 g/mol. The Hall–Kier alpha value is -3.82. The third kappa shape index (κ3) is 4.59. The van der Waals surface area contributed by atoms with Gasteiger partial charge in [0, 0.05) is 38.3 Å². The molecule has 0 aromatic heterocycles. The molecular weight excluding hydrogens is 392 g/mol. The van der Waals surface area contributed by atoms with E-state index in [0.29, 0.717) is 26.2 Å². The molecule has 10 nitrogen and oxygen atoms in total. The van der Waals surface area contributed by atoms with Crippen LogP contribution in [0.1, 0.15) is 10.4 Å². The van der Waals surface area contributed by atoms with Crippen LogP contribution in [0.5, 0.6) is 5.75 Å². The highest BCUT2D eigenvalue weighted by atomic mass is 16.6. The number of nitrogen functional groups attached to an aromatic ring is 1. The number of benzene rings is 2. The van der Waals surface area contributed by atoms with Gasteiger partial charge >= 0.3 is 5.97 Å². The van der Waals surface area contributed by atoms with Crippen molar-refractivity contribution in [2.24, 2.45) is 0 Å². The number of carbonyl (C=O) groups excluding carboxylic acids is 2. The van der Waals surface area contributed by atoms with Gasteiger partial charge in [-0.15, -0.1) is 0 Å². The summed E-state index contributed by atoms with van der Waals surface area (Å²) in [6.45, 7) is 1.77. The third-order valence-electron chi connectivity index (χ3n) is 4.85. The summed E-state index contributed by atoms with van der Waals surface area (Å²) in [5.41, 5.74) is 6.33. The van der Waals surface area contributed by atoms with E-state index in [0.717, 1.165) is 23.6 Å². The van der Waals surface area contributed by atoms with Gasteiger partial charge in [-0.25, -0.2) is 4.79 Å². The molecule has 0 unspecified atom stereocenters. The predicted octanol–water partition coefficient (Wildman–Crippen LogP) is 1.69. The second-order valence-electron chi connectivity index (χ2n) is 6.64. The highest BCUT2D eigenvalue weighted by Crippen LogP contribution is 2.28. The fourth-order valence-electron chi connectivity index (χ4n) is 3.23. The molecule has 0 aliphatic carbocycles. The Labute approximate surface area is 172 Å². The summed E-state index contributed by atoms with van der Waals surface area (Å²) in [6, 6.07) is 11.1. The van der Waals surface area contributed by atoms with Crippen LogP contribution in [-0.4, -0.2) is 61.6 Å². The number of hydrogen-bond donors (Lipinski definition) is 1. The number of carbonyl (C=O) groups is 2. The van der Waals surface area contributed by atoms with Gasteiger partial charge in [0.25, 0.3) is 11.6 Å². The maximum absolute atomic E-state index is 12.4. The number of piperazine rings is 1. The van der Waals surface area contributed by atoms with Gasteiger partial charge in [-0.3, -0.25) is 14.9 Å². The van der Waals surface area contributed by atoms with Crippen molar-refractivity contribution in [1.82, 2.24) is 4.90 Å². The van der Waals surface area contributed by atoms with Gasteiger partial charge in [0.2, 0.25) is 0 Å². The lowest BCUT2D eigenvalue weighted by molar-refractivity contribution is -0.384. The Balaban J connectivity index is 1.53. The number of nitro groups is 1. The van der Waals surface area contributed by atoms with E-state index < -0.39 is 17.5 Å². The van der Waals surface area contributed by atoms with Crippen LogP contribution in [0.25, 0.3) is 0 Å². The van der Waals surface area contributed by atoms with E-state index in [4.69, 9.17) is 15.2 Å². The zero-order valence-electron chi connectivity index (χ0n) is 16.4. The number of anilines is 2. The number of para-hydroxylation sites is 2. The minimum Gasteiger partial charge on any atom is -0.495 e. The van der Waals surface area contributed by atoms with Crippen LogP contribution in [0.2, 0.25) is 0 Å². The molecule has 1 aliphatic rings. The first-order valence-electron chi connectivity index (χ1n) is 9.27. The van der Waals surface area contributed by atoms with Crippen molar-refractivity contribution in [3.8, 4) is 5.75 Å². The Kier molecular flexibility index (Phi) is 6.35. The van der Waals surface area contributed by atoms with Crippen LogP contribution in [0, 0.1) is 10.1 Å². The molecule has 0 radical (unpaired) electrons. The molecule has 3 rings (SSSR count). The van der Waals surface area contributed by atoms with Crippen LogP contribution in [0.4, 0.5) is 17.1 Å². The molecular formula is C20H22N4O6. The summed E-state index contributed by atoms with van der Waals surface area (Å²) in [5, 5.41) is 10.7. The van der Waals surface area contributed by atoms with E-state index in [2.05, 4.69) is 4.90 Å². The Morgan fingerprint density at radius 2 is 1.83 bits per heavy atom. The average molecular weight is 414 g/mol. The second kappa shape index (κ2) is 9.12. The van der Waals surface area contributed by atoms with E-state index in [9.17, 15) is 19.7 Å². The zero-order valence-corrected chi connectivity index (χ0v) is 16.4. The standard InChI is InChI=1S/C20H22N4O6/c1-29-18-5-3-2-4-17(18)22-8-10-23(11-9-22)19(25)13-30-20(26)15-7-6-14(24(27)28)12-16(15)21/h2-7,12H,8-11,13,21H2,1H3. The molecule has 1 amide bonds. The summed E-state index contributed by atoms with van der Waals surface area (Å²) in [7, 11) is 1.62. The molecule has 10 heteroatoms. The smallest absolute Gasteiger partial charge is 0.340 e. The van der Waals surface area contributed by atoms with Crippen molar-refractivity contribution in [2.45, 2.75) is 0 Å². The summed E-state index contributed by atoms with van der Waals surface area (Å²) in [5.74, 6) is -0.348. The Bertz CT molecular complexity index is 956. The molecule has 2 aromatic rings. The van der Waals surface area contributed by atoms with Crippen LogP contribution in [0.15, 0.2) is 42.5 Å². The molecule has 1 saturated heterocycles. The highest BCUT2D eigenvalue weighted by Gasteiger charge is 2.24. The van der Waals surface area contributed by atoms with Gasteiger partial charge < -0.3 is 25.0 Å². The molecule has 1 fully saturated rings. The number of nitro benzene ring substituents is 1. The van der Waals surface area contributed by atoms with E-state index >= 15 is 0 Å². The predicted molar refractivity (Wildman–Crippen MR) is 110 cm³/mol. The number of non-ortho nitro benzene ring substituents is 1. The summed E-state index contributed by atoms with van der Waals surface area (Å²) >= 11 is 0. The van der Waals surface area contributed by atoms with Crippen molar-refractivity contribution < 1.29 is 24.0 Å². The van der Waals surface area contributed by atoms with Crippen molar-refractivity contribution in [1.29, 1.82) is 0 Å². The highest BCUT2D eigenvalue weighted by molar-refractivity contribution is 5.96. The van der Waals surface area contributed by atoms with Crippen LogP contribution in [0.3, 0.4) is 0 Å².